The van der Waals surface area contributed by atoms with Crippen LogP contribution in [0.15, 0.2) is 21.1 Å². The van der Waals surface area contributed by atoms with Crippen LogP contribution < -0.4 is 0 Å². The van der Waals surface area contributed by atoms with Crippen molar-refractivity contribution in [3.8, 4) is 0 Å². The van der Waals surface area contributed by atoms with E-state index in [2.05, 4.69) is 57.8 Å². The Kier molecular flexibility index (Phi) is 5.18. The zero-order valence-electron chi connectivity index (χ0n) is 8.74. The van der Waals surface area contributed by atoms with Gasteiger partial charge in [-0.3, -0.25) is 0 Å². The van der Waals surface area contributed by atoms with Crippen LogP contribution in [0.4, 0.5) is 0 Å². The van der Waals surface area contributed by atoms with Gasteiger partial charge in [0, 0.05) is 8.95 Å². The van der Waals surface area contributed by atoms with Crippen molar-refractivity contribution >= 4 is 31.9 Å². The van der Waals surface area contributed by atoms with E-state index in [0.717, 1.165) is 12.8 Å². The molecule has 14 heavy (non-hydrogen) atoms. The van der Waals surface area contributed by atoms with E-state index in [0.29, 0.717) is 0 Å². The standard InChI is InChI=1S/C12H16Br2/c1-3-5-9-7-12(14)10(6-4-2)8-11(9)13/h7-8H,3-6H2,1-2H3. The lowest BCUT2D eigenvalue weighted by molar-refractivity contribution is 0.895. The molecule has 0 saturated heterocycles. The van der Waals surface area contributed by atoms with Gasteiger partial charge in [0.15, 0.2) is 0 Å². The number of hydrogen-bond donors (Lipinski definition) is 0. The molecule has 1 aromatic carbocycles. The average Bonchev–Trinajstić information content (AvgIpc) is 2.14. The van der Waals surface area contributed by atoms with Gasteiger partial charge in [0.1, 0.15) is 0 Å². The third-order valence-electron chi connectivity index (χ3n) is 2.25. The Hall–Kier alpha value is 0.180. The van der Waals surface area contributed by atoms with E-state index < -0.39 is 0 Å². The molecule has 0 amide bonds. The highest BCUT2D eigenvalue weighted by Crippen LogP contribution is 2.27. The first-order valence-corrected chi connectivity index (χ1v) is 6.74. The van der Waals surface area contributed by atoms with Gasteiger partial charge in [-0.25, -0.2) is 0 Å². The second-order valence-electron chi connectivity index (χ2n) is 3.54. The van der Waals surface area contributed by atoms with Gasteiger partial charge in [0.25, 0.3) is 0 Å². The first-order valence-electron chi connectivity index (χ1n) is 5.15. The predicted octanol–water partition coefficient (Wildman–Crippen LogP) is 5.12. The van der Waals surface area contributed by atoms with Gasteiger partial charge in [-0.1, -0.05) is 58.5 Å². The fourth-order valence-electron chi connectivity index (χ4n) is 1.55. The smallest absolute Gasteiger partial charge is 0.0210 e. The number of benzene rings is 1. The molecule has 0 N–H and O–H groups in total. The summed E-state index contributed by atoms with van der Waals surface area (Å²) in [5, 5.41) is 0. The molecular formula is C12H16Br2. The summed E-state index contributed by atoms with van der Waals surface area (Å²) in [6.45, 7) is 4.42. The fraction of sp³-hybridized carbons (Fsp3) is 0.500. The molecule has 0 radical (unpaired) electrons. The van der Waals surface area contributed by atoms with E-state index in [1.807, 2.05) is 0 Å². The molecule has 0 heterocycles. The molecule has 78 valence electrons. The van der Waals surface area contributed by atoms with Crippen LogP contribution in [0.5, 0.6) is 0 Å². The largest absolute Gasteiger partial charge is 0.0651 e. The Labute approximate surface area is 103 Å². The van der Waals surface area contributed by atoms with E-state index in [9.17, 15) is 0 Å². The monoisotopic (exact) mass is 318 g/mol. The maximum Gasteiger partial charge on any atom is 0.0210 e. The van der Waals surface area contributed by atoms with Gasteiger partial charge in [-0.05, 0) is 36.1 Å². The second kappa shape index (κ2) is 5.92. The molecule has 0 aliphatic heterocycles. The van der Waals surface area contributed by atoms with Gasteiger partial charge < -0.3 is 0 Å². The summed E-state index contributed by atoms with van der Waals surface area (Å²) in [5.74, 6) is 0. The summed E-state index contributed by atoms with van der Waals surface area (Å²) in [4.78, 5) is 0. The Balaban J connectivity index is 2.97. The topological polar surface area (TPSA) is 0 Å². The Morgan fingerprint density at radius 2 is 1.21 bits per heavy atom. The lowest BCUT2D eigenvalue weighted by Gasteiger charge is -2.08. The molecule has 0 aliphatic rings. The summed E-state index contributed by atoms with van der Waals surface area (Å²) in [6, 6.07) is 4.50. The summed E-state index contributed by atoms with van der Waals surface area (Å²) in [7, 11) is 0. The van der Waals surface area contributed by atoms with E-state index in [1.54, 1.807) is 0 Å². The maximum atomic E-state index is 3.63. The minimum atomic E-state index is 1.14. The molecule has 1 rings (SSSR count). The first kappa shape index (κ1) is 12.3. The molecular weight excluding hydrogens is 304 g/mol. The lowest BCUT2D eigenvalue weighted by atomic mass is 10.1. The summed E-state index contributed by atoms with van der Waals surface area (Å²) >= 11 is 7.26. The molecule has 0 saturated carbocycles. The van der Waals surface area contributed by atoms with Gasteiger partial charge in [0.05, 0.1) is 0 Å². The zero-order valence-corrected chi connectivity index (χ0v) is 11.9. The number of rotatable bonds is 4. The molecule has 0 aromatic heterocycles. The first-order chi connectivity index (χ1) is 6.69. The second-order valence-corrected chi connectivity index (χ2v) is 5.24. The van der Waals surface area contributed by atoms with Crippen molar-refractivity contribution in [2.75, 3.05) is 0 Å². The van der Waals surface area contributed by atoms with E-state index in [4.69, 9.17) is 0 Å². The summed E-state index contributed by atoms with van der Waals surface area (Å²) < 4.78 is 2.51. The van der Waals surface area contributed by atoms with Crippen LogP contribution in [-0.4, -0.2) is 0 Å². The molecule has 2 heteroatoms. The number of halogens is 2. The van der Waals surface area contributed by atoms with Crippen LogP contribution in [-0.2, 0) is 12.8 Å². The van der Waals surface area contributed by atoms with Crippen molar-refractivity contribution in [2.45, 2.75) is 39.5 Å². The molecule has 0 spiro atoms. The minimum absolute atomic E-state index is 1.14. The van der Waals surface area contributed by atoms with Crippen molar-refractivity contribution in [3.63, 3.8) is 0 Å². The molecule has 0 atom stereocenters. The van der Waals surface area contributed by atoms with Crippen LogP contribution in [0, 0.1) is 0 Å². The van der Waals surface area contributed by atoms with Gasteiger partial charge in [-0.15, -0.1) is 0 Å². The Bertz CT molecular complexity index is 274. The Morgan fingerprint density at radius 1 is 0.857 bits per heavy atom. The minimum Gasteiger partial charge on any atom is -0.0651 e. The summed E-state index contributed by atoms with van der Waals surface area (Å²) in [5.41, 5.74) is 2.80. The average molecular weight is 320 g/mol. The van der Waals surface area contributed by atoms with Crippen LogP contribution in [0.1, 0.15) is 37.8 Å². The molecule has 0 unspecified atom stereocenters. The van der Waals surface area contributed by atoms with Crippen molar-refractivity contribution in [1.29, 1.82) is 0 Å². The van der Waals surface area contributed by atoms with Crippen LogP contribution in [0.2, 0.25) is 0 Å². The van der Waals surface area contributed by atoms with Crippen LogP contribution in [0.25, 0.3) is 0 Å². The quantitative estimate of drug-likeness (QED) is 0.722. The highest BCUT2D eigenvalue weighted by molar-refractivity contribution is 9.11. The zero-order chi connectivity index (χ0) is 10.6. The van der Waals surface area contributed by atoms with E-state index in [1.165, 1.54) is 32.9 Å². The van der Waals surface area contributed by atoms with E-state index >= 15 is 0 Å². The third-order valence-corrected chi connectivity index (χ3v) is 3.73. The molecule has 0 aliphatic carbocycles. The Morgan fingerprint density at radius 3 is 1.50 bits per heavy atom. The third kappa shape index (κ3) is 3.09. The number of hydrogen-bond acceptors (Lipinski definition) is 0. The molecule has 0 bridgehead atoms. The van der Waals surface area contributed by atoms with Crippen LogP contribution >= 0.6 is 31.9 Å². The molecule has 0 fully saturated rings. The molecule has 1 aromatic rings. The highest BCUT2D eigenvalue weighted by Gasteiger charge is 2.05. The van der Waals surface area contributed by atoms with Crippen molar-refractivity contribution in [3.05, 3.63) is 32.2 Å². The highest BCUT2D eigenvalue weighted by atomic mass is 79.9. The van der Waals surface area contributed by atoms with Gasteiger partial charge >= 0.3 is 0 Å². The van der Waals surface area contributed by atoms with Crippen LogP contribution in [0.3, 0.4) is 0 Å². The predicted molar refractivity (Wildman–Crippen MR) is 69.8 cm³/mol. The van der Waals surface area contributed by atoms with Gasteiger partial charge in [-0.2, -0.15) is 0 Å². The van der Waals surface area contributed by atoms with Gasteiger partial charge in [0.2, 0.25) is 0 Å². The normalized spacial score (nSPS) is 10.6. The number of aryl methyl sites for hydroxylation is 2. The fourth-order valence-corrected chi connectivity index (χ4v) is 2.73. The maximum absolute atomic E-state index is 3.63. The van der Waals surface area contributed by atoms with E-state index in [-0.39, 0.29) is 0 Å². The lowest BCUT2D eigenvalue weighted by Crippen LogP contribution is -1.91. The van der Waals surface area contributed by atoms with Crippen molar-refractivity contribution in [1.82, 2.24) is 0 Å². The summed E-state index contributed by atoms with van der Waals surface area (Å²) in [6.07, 6.45) is 4.67. The van der Waals surface area contributed by atoms with Crippen molar-refractivity contribution < 1.29 is 0 Å². The SMILES string of the molecule is CCCc1cc(Br)c(CCC)cc1Br. The molecule has 0 nitrogen and oxygen atoms in total. The van der Waals surface area contributed by atoms with Crippen molar-refractivity contribution in [2.24, 2.45) is 0 Å².